The van der Waals surface area contributed by atoms with Crippen LogP contribution in [0.4, 0.5) is 18.0 Å². The molecule has 5 nitrogen and oxygen atoms in total. The monoisotopic (exact) mass is 496 g/mol. The molecule has 1 N–H and O–H groups in total. The van der Waals surface area contributed by atoms with E-state index in [1.165, 1.54) is 54.4 Å². The van der Waals surface area contributed by atoms with Gasteiger partial charge in [-0.25, -0.2) is 18.0 Å². The number of benzene rings is 3. The van der Waals surface area contributed by atoms with Gasteiger partial charge in [-0.1, -0.05) is 36.4 Å². The molecule has 0 bridgehead atoms. The fourth-order valence-corrected chi connectivity index (χ4v) is 4.57. The third-order valence-electron chi connectivity index (χ3n) is 6.78. The summed E-state index contributed by atoms with van der Waals surface area (Å²) in [6.07, 6.45) is 0.153. The molecule has 2 atom stereocenters. The van der Waals surface area contributed by atoms with E-state index in [-0.39, 0.29) is 18.7 Å². The van der Waals surface area contributed by atoms with E-state index in [2.05, 4.69) is 5.32 Å². The SMILES string of the molecule is CNC(=O)CC[C@@]1(c2ccc(F)cc2)CCN([C@@H](C)c2ccc(-c3ccc(F)cc3)c(F)c2)C(=O)O1. The number of carbonyl (C=O) groups is 2. The Hall–Kier alpha value is -3.81. The van der Waals surface area contributed by atoms with Crippen molar-refractivity contribution in [3.63, 3.8) is 0 Å². The van der Waals surface area contributed by atoms with E-state index < -0.39 is 35.2 Å². The van der Waals surface area contributed by atoms with E-state index in [4.69, 9.17) is 4.74 Å². The number of halogens is 3. The van der Waals surface area contributed by atoms with Crippen LogP contribution in [0.1, 0.15) is 43.4 Å². The van der Waals surface area contributed by atoms with E-state index in [1.807, 2.05) is 0 Å². The summed E-state index contributed by atoms with van der Waals surface area (Å²) in [6, 6.07) is 15.5. The van der Waals surface area contributed by atoms with Crippen molar-refractivity contribution in [2.24, 2.45) is 0 Å². The van der Waals surface area contributed by atoms with E-state index in [0.717, 1.165) is 0 Å². The number of carbonyl (C=O) groups excluding carboxylic acids is 2. The summed E-state index contributed by atoms with van der Waals surface area (Å²) in [6.45, 7) is 2.08. The number of hydrogen-bond donors (Lipinski definition) is 1. The van der Waals surface area contributed by atoms with E-state index in [1.54, 1.807) is 31.2 Å². The molecular formula is C28H27F3N2O3. The molecule has 1 aliphatic rings. The molecule has 1 aliphatic heterocycles. The zero-order valence-corrected chi connectivity index (χ0v) is 20.1. The molecule has 36 heavy (non-hydrogen) atoms. The number of nitrogens with one attached hydrogen (secondary N) is 1. The van der Waals surface area contributed by atoms with Gasteiger partial charge in [-0.2, -0.15) is 0 Å². The Labute approximate surface area is 207 Å². The first-order chi connectivity index (χ1) is 17.2. The number of cyclic esters (lactones) is 1. The average molecular weight is 497 g/mol. The molecule has 0 saturated carbocycles. The molecular weight excluding hydrogens is 469 g/mol. The highest BCUT2D eigenvalue weighted by atomic mass is 19.1. The summed E-state index contributed by atoms with van der Waals surface area (Å²) < 4.78 is 47.7. The Morgan fingerprint density at radius 2 is 1.67 bits per heavy atom. The van der Waals surface area contributed by atoms with Crippen molar-refractivity contribution in [2.45, 2.75) is 37.8 Å². The van der Waals surface area contributed by atoms with Crippen LogP contribution in [0.15, 0.2) is 66.7 Å². The van der Waals surface area contributed by atoms with Crippen LogP contribution in [0.5, 0.6) is 0 Å². The number of nitrogens with zero attached hydrogens (tertiary/aromatic N) is 1. The lowest BCUT2D eigenvalue weighted by Crippen LogP contribution is -2.49. The van der Waals surface area contributed by atoms with Crippen LogP contribution in [-0.4, -0.2) is 30.5 Å². The normalized spacial score (nSPS) is 18.5. The molecule has 0 spiro atoms. The van der Waals surface area contributed by atoms with Gasteiger partial charge in [-0.15, -0.1) is 0 Å². The smallest absolute Gasteiger partial charge is 0.411 e. The molecule has 0 unspecified atom stereocenters. The summed E-state index contributed by atoms with van der Waals surface area (Å²) in [7, 11) is 1.53. The fourth-order valence-electron chi connectivity index (χ4n) is 4.57. The quantitative estimate of drug-likeness (QED) is 0.430. The molecule has 188 valence electrons. The standard InChI is InChI=1S/C28H27F3N2O3/c1-18(20-5-12-24(25(31)17-20)19-3-8-22(29)9-4-19)33-16-15-28(36-27(33)35,14-13-26(34)32-2)21-6-10-23(30)11-7-21/h3-12,17-18H,13-16H2,1-2H3,(H,32,34)/t18-,28-/m0/s1. The van der Waals surface area contributed by atoms with Crippen molar-refractivity contribution in [1.82, 2.24) is 10.2 Å². The molecule has 0 radical (unpaired) electrons. The zero-order chi connectivity index (χ0) is 25.9. The lowest BCUT2D eigenvalue weighted by molar-refractivity contribution is -0.123. The highest BCUT2D eigenvalue weighted by Crippen LogP contribution is 2.41. The minimum atomic E-state index is -1.08. The van der Waals surface area contributed by atoms with Crippen molar-refractivity contribution in [3.05, 3.63) is 95.3 Å². The molecule has 1 fully saturated rings. The number of amides is 2. The van der Waals surface area contributed by atoms with Gasteiger partial charge in [0.05, 0.1) is 6.04 Å². The van der Waals surface area contributed by atoms with Crippen LogP contribution in [0.25, 0.3) is 11.1 Å². The second kappa shape index (κ2) is 10.4. The Bertz CT molecular complexity index is 1250. The fraction of sp³-hybridized carbons (Fsp3) is 0.286. The van der Waals surface area contributed by atoms with Crippen molar-refractivity contribution in [3.8, 4) is 11.1 Å². The Kier molecular flexibility index (Phi) is 7.33. The van der Waals surface area contributed by atoms with Gasteiger partial charge < -0.3 is 15.0 Å². The van der Waals surface area contributed by atoms with Crippen LogP contribution < -0.4 is 5.32 Å². The molecule has 3 aromatic carbocycles. The van der Waals surface area contributed by atoms with Crippen LogP contribution in [-0.2, 0) is 15.1 Å². The van der Waals surface area contributed by atoms with Crippen LogP contribution in [0.3, 0.4) is 0 Å². The van der Waals surface area contributed by atoms with Gasteiger partial charge in [0.2, 0.25) is 5.91 Å². The molecule has 4 rings (SSSR count). The van der Waals surface area contributed by atoms with Gasteiger partial charge in [0.25, 0.3) is 0 Å². The topological polar surface area (TPSA) is 58.6 Å². The lowest BCUT2D eigenvalue weighted by atomic mass is 9.84. The molecule has 0 aliphatic carbocycles. The maximum absolute atomic E-state index is 15.0. The first kappa shape index (κ1) is 25.3. The van der Waals surface area contributed by atoms with Crippen LogP contribution >= 0.6 is 0 Å². The molecule has 2 amide bonds. The predicted octanol–water partition coefficient (Wildman–Crippen LogP) is 6.10. The first-order valence-corrected chi connectivity index (χ1v) is 11.7. The van der Waals surface area contributed by atoms with Gasteiger partial charge in [0.15, 0.2) is 0 Å². The zero-order valence-electron chi connectivity index (χ0n) is 20.1. The molecule has 1 saturated heterocycles. The van der Waals surface area contributed by atoms with E-state index >= 15 is 0 Å². The Morgan fingerprint density at radius 1 is 1.03 bits per heavy atom. The van der Waals surface area contributed by atoms with Crippen LogP contribution in [0.2, 0.25) is 0 Å². The Morgan fingerprint density at radius 3 is 2.25 bits per heavy atom. The predicted molar refractivity (Wildman–Crippen MR) is 129 cm³/mol. The minimum absolute atomic E-state index is 0.132. The second-order valence-electron chi connectivity index (χ2n) is 8.91. The summed E-state index contributed by atoms with van der Waals surface area (Å²) in [5.41, 5.74) is 0.992. The molecule has 1 heterocycles. The van der Waals surface area contributed by atoms with Gasteiger partial charge >= 0.3 is 6.09 Å². The average Bonchev–Trinajstić information content (AvgIpc) is 2.88. The largest absolute Gasteiger partial charge is 0.438 e. The summed E-state index contributed by atoms with van der Waals surface area (Å²) in [4.78, 5) is 26.6. The Balaban J connectivity index is 1.55. The third-order valence-corrected chi connectivity index (χ3v) is 6.78. The van der Waals surface area contributed by atoms with Crippen LogP contribution in [0, 0.1) is 17.5 Å². The van der Waals surface area contributed by atoms with Gasteiger partial charge in [-0.3, -0.25) is 4.79 Å². The molecule has 3 aromatic rings. The summed E-state index contributed by atoms with van der Waals surface area (Å²) >= 11 is 0. The van der Waals surface area contributed by atoms with Gasteiger partial charge in [0, 0.05) is 38.4 Å². The van der Waals surface area contributed by atoms with Crippen molar-refractivity contribution < 1.29 is 27.5 Å². The molecule has 0 aromatic heterocycles. The van der Waals surface area contributed by atoms with Crippen molar-refractivity contribution in [1.29, 1.82) is 0 Å². The van der Waals surface area contributed by atoms with E-state index in [0.29, 0.717) is 35.2 Å². The second-order valence-corrected chi connectivity index (χ2v) is 8.91. The minimum Gasteiger partial charge on any atom is -0.438 e. The number of rotatable bonds is 7. The number of hydrogen-bond acceptors (Lipinski definition) is 3. The third kappa shape index (κ3) is 5.22. The summed E-state index contributed by atoms with van der Waals surface area (Å²) in [5.74, 6) is -1.49. The van der Waals surface area contributed by atoms with Crippen molar-refractivity contribution >= 4 is 12.0 Å². The number of ether oxygens (including phenoxy) is 1. The maximum Gasteiger partial charge on any atom is 0.411 e. The van der Waals surface area contributed by atoms with Gasteiger partial charge in [0.1, 0.15) is 23.1 Å². The molecule has 8 heteroatoms. The highest BCUT2D eigenvalue weighted by molar-refractivity contribution is 5.76. The summed E-state index contributed by atoms with van der Waals surface area (Å²) in [5, 5.41) is 2.56. The highest BCUT2D eigenvalue weighted by Gasteiger charge is 2.43. The van der Waals surface area contributed by atoms with Gasteiger partial charge in [-0.05, 0) is 53.9 Å². The maximum atomic E-state index is 15.0. The van der Waals surface area contributed by atoms with Crippen molar-refractivity contribution in [2.75, 3.05) is 13.6 Å². The van der Waals surface area contributed by atoms with E-state index in [9.17, 15) is 22.8 Å². The first-order valence-electron chi connectivity index (χ1n) is 11.7. The lowest BCUT2D eigenvalue weighted by Gasteiger charge is -2.43.